The Labute approximate surface area is 118 Å². The van der Waals surface area contributed by atoms with Gasteiger partial charge in [-0.2, -0.15) is 13.2 Å². The van der Waals surface area contributed by atoms with Crippen LogP contribution in [0.2, 0.25) is 0 Å². The molecule has 2 rings (SSSR count). The largest absolute Gasteiger partial charge is 0.496 e. The van der Waals surface area contributed by atoms with Crippen LogP contribution in [0.15, 0.2) is 22.7 Å². The van der Waals surface area contributed by atoms with E-state index in [0.717, 1.165) is 22.9 Å². The van der Waals surface area contributed by atoms with E-state index in [4.69, 9.17) is 4.74 Å². The van der Waals surface area contributed by atoms with Gasteiger partial charge in [-0.1, -0.05) is 6.07 Å². The molecule has 0 aliphatic heterocycles. The standard InChI is InChI=1S/C13H15BrF3NO/c1-19-12-5-2-9(6-11(12)14)7-18(10-3-4-10)8-13(15,16)17/h2,5-6,10H,3-4,7-8H2,1H3. The first-order valence-corrected chi connectivity index (χ1v) is 6.81. The van der Waals surface area contributed by atoms with Gasteiger partial charge in [0.1, 0.15) is 5.75 Å². The van der Waals surface area contributed by atoms with Crippen molar-refractivity contribution < 1.29 is 17.9 Å². The molecule has 1 aromatic rings. The lowest BCUT2D eigenvalue weighted by atomic mass is 10.2. The summed E-state index contributed by atoms with van der Waals surface area (Å²) >= 11 is 3.35. The lowest BCUT2D eigenvalue weighted by molar-refractivity contribution is -0.148. The number of alkyl halides is 3. The van der Waals surface area contributed by atoms with Crippen LogP contribution in [0.5, 0.6) is 5.75 Å². The summed E-state index contributed by atoms with van der Waals surface area (Å²) in [6, 6.07) is 5.44. The molecule has 0 atom stereocenters. The van der Waals surface area contributed by atoms with Gasteiger partial charge < -0.3 is 4.74 Å². The van der Waals surface area contributed by atoms with E-state index in [1.165, 1.54) is 4.90 Å². The Morgan fingerprint density at radius 3 is 2.53 bits per heavy atom. The van der Waals surface area contributed by atoms with Crippen LogP contribution < -0.4 is 4.74 Å². The Balaban J connectivity index is 2.06. The molecule has 0 N–H and O–H groups in total. The first-order valence-electron chi connectivity index (χ1n) is 6.02. The quantitative estimate of drug-likeness (QED) is 0.805. The molecular weight excluding hydrogens is 323 g/mol. The molecule has 0 aromatic heterocycles. The minimum atomic E-state index is -4.15. The normalized spacial score (nSPS) is 15.9. The number of hydrogen-bond donors (Lipinski definition) is 0. The van der Waals surface area contributed by atoms with Crippen molar-refractivity contribution in [1.29, 1.82) is 0 Å². The zero-order chi connectivity index (χ0) is 14.0. The van der Waals surface area contributed by atoms with Crippen LogP contribution in [0.1, 0.15) is 18.4 Å². The van der Waals surface area contributed by atoms with Crippen molar-refractivity contribution in [3.8, 4) is 5.75 Å². The average molecular weight is 338 g/mol. The van der Waals surface area contributed by atoms with Crippen LogP contribution in [0.25, 0.3) is 0 Å². The molecule has 1 aromatic carbocycles. The first kappa shape index (κ1) is 14.7. The first-order chi connectivity index (χ1) is 8.89. The molecule has 1 aliphatic carbocycles. The monoisotopic (exact) mass is 337 g/mol. The maximum atomic E-state index is 12.5. The highest BCUT2D eigenvalue weighted by atomic mass is 79.9. The molecule has 0 unspecified atom stereocenters. The molecule has 6 heteroatoms. The van der Waals surface area contributed by atoms with E-state index in [1.807, 2.05) is 6.07 Å². The molecular formula is C13H15BrF3NO. The van der Waals surface area contributed by atoms with Crippen molar-refractivity contribution in [3.05, 3.63) is 28.2 Å². The predicted octanol–water partition coefficient (Wildman–Crippen LogP) is 3.98. The lowest BCUT2D eigenvalue weighted by Gasteiger charge is -2.23. The number of nitrogens with zero attached hydrogens (tertiary/aromatic N) is 1. The van der Waals surface area contributed by atoms with Gasteiger partial charge in [-0.05, 0) is 46.5 Å². The third-order valence-corrected chi connectivity index (χ3v) is 3.67. The van der Waals surface area contributed by atoms with Gasteiger partial charge in [0.15, 0.2) is 0 Å². The number of hydrogen-bond acceptors (Lipinski definition) is 2. The summed E-state index contributed by atoms with van der Waals surface area (Å²) in [4.78, 5) is 1.49. The summed E-state index contributed by atoms with van der Waals surface area (Å²) in [7, 11) is 1.56. The van der Waals surface area contributed by atoms with Gasteiger partial charge in [-0.3, -0.25) is 4.90 Å². The van der Waals surface area contributed by atoms with Crippen molar-refractivity contribution in [2.45, 2.75) is 31.6 Å². The minimum Gasteiger partial charge on any atom is -0.496 e. The Bertz CT molecular complexity index is 446. The molecule has 1 saturated carbocycles. The van der Waals surface area contributed by atoms with E-state index in [-0.39, 0.29) is 6.04 Å². The second-order valence-corrected chi connectivity index (χ2v) is 5.57. The summed E-state index contributed by atoms with van der Waals surface area (Å²) in [6.07, 6.45) is -2.44. The third-order valence-electron chi connectivity index (χ3n) is 3.05. The summed E-state index contributed by atoms with van der Waals surface area (Å²) in [5.41, 5.74) is 0.851. The Hall–Kier alpha value is -0.750. The fraction of sp³-hybridized carbons (Fsp3) is 0.538. The van der Waals surface area contributed by atoms with Gasteiger partial charge >= 0.3 is 6.18 Å². The summed E-state index contributed by atoms with van der Waals surface area (Å²) in [6.45, 7) is -0.534. The van der Waals surface area contributed by atoms with Gasteiger partial charge in [0, 0.05) is 12.6 Å². The number of halogens is 4. The van der Waals surface area contributed by atoms with Gasteiger partial charge in [-0.25, -0.2) is 0 Å². The summed E-state index contributed by atoms with van der Waals surface area (Å²) < 4.78 is 43.4. The zero-order valence-electron chi connectivity index (χ0n) is 10.5. The van der Waals surface area contributed by atoms with Crippen LogP contribution in [-0.4, -0.2) is 30.8 Å². The second-order valence-electron chi connectivity index (χ2n) is 4.72. The van der Waals surface area contributed by atoms with E-state index in [0.29, 0.717) is 12.3 Å². The van der Waals surface area contributed by atoms with Crippen molar-refractivity contribution >= 4 is 15.9 Å². The van der Waals surface area contributed by atoms with E-state index in [2.05, 4.69) is 15.9 Å². The van der Waals surface area contributed by atoms with E-state index in [9.17, 15) is 13.2 Å². The van der Waals surface area contributed by atoms with Crippen LogP contribution >= 0.6 is 15.9 Å². The molecule has 106 valence electrons. The van der Waals surface area contributed by atoms with Crippen LogP contribution in [0.3, 0.4) is 0 Å². The van der Waals surface area contributed by atoms with Gasteiger partial charge in [-0.15, -0.1) is 0 Å². The maximum Gasteiger partial charge on any atom is 0.401 e. The van der Waals surface area contributed by atoms with Crippen molar-refractivity contribution in [1.82, 2.24) is 4.90 Å². The van der Waals surface area contributed by atoms with Crippen LogP contribution in [0.4, 0.5) is 13.2 Å². The van der Waals surface area contributed by atoms with E-state index < -0.39 is 12.7 Å². The number of rotatable bonds is 5. The Morgan fingerprint density at radius 2 is 2.05 bits per heavy atom. The zero-order valence-corrected chi connectivity index (χ0v) is 12.1. The van der Waals surface area contributed by atoms with Gasteiger partial charge in [0.05, 0.1) is 18.1 Å². The highest BCUT2D eigenvalue weighted by Crippen LogP contribution is 2.32. The lowest BCUT2D eigenvalue weighted by Crippen LogP contribution is -2.35. The number of benzene rings is 1. The average Bonchev–Trinajstić information content (AvgIpc) is 3.10. The van der Waals surface area contributed by atoms with Crippen molar-refractivity contribution in [2.24, 2.45) is 0 Å². The van der Waals surface area contributed by atoms with E-state index >= 15 is 0 Å². The molecule has 0 bridgehead atoms. The fourth-order valence-corrected chi connectivity index (χ4v) is 2.61. The number of ether oxygens (including phenoxy) is 1. The van der Waals surface area contributed by atoms with Crippen LogP contribution in [0, 0.1) is 0 Å². The number of methoxy groups -OCH3 is 1. The molecule has 0 heterocycles. The fourth-order valence-electron chi connectivity index (χ4n) is 2.03. The van der Waals surface area contributed by atoms with Crippen molar-refractivity contribution in [2.75, 3.05) is 13.7 Å². The minimum absolute atomic E-state index is 0.0718. The highest BCUT2D eigenvalue weighted by molar-refractivity contribution is 9.10. The van der Waals surface area contributed by atoms with E-state index in [1.54, 1.807) is 19.2 Å². The SMILES string of the molecule is COc1ccc(CN(CC(F)(F)F)C2CC2)cc1Br. The smallest absolute Gasteiger partial charge is 0.401 e. The maximum absolute atomic E-state index is 12.5. The topological polar surface area (TPSA) is 12.5 Å². The Kier molecular flexibility index (Phi) is 4.40. The molecule has 0 saturated heterocycles. The molecule has 0 amide bonds. The molecule has 0 radical (unpaired) electrons. The molecule has 1 aliphatic rings. The predicted molar refractivity (Wildman–Crippen MR) is 70.2 cm³/mol. The molecule has 19 heavy (non-hydrogen) atoms. The molecule has 2 nitrogen and oxygen atoms in total. The van der Waals surface area contributed by atoms with Gasteiger partial charge in [0.25, 0.3) is 0 Å². The third kappa shape index (κ3) is 4.38. The van der Waals surface area contributed by atoms with Crippen molar-refractivity contribution in [3.63, 3.8) is 0 Å². The van der Waals surface area contributed by atoms with Crippen LogP contribution in [-0.2, 0) is 6.54 Å². The summed E-state index contributed by atoms with van der Waals surface area (Å²) in [5.74, 6) is 0.678. The highest BCUT2D eigenvalue weighted by Gasteiger charge is 2.37. The summed E-state index contributed by atoms with van der Waals surface area (Å²) in [5, 5.41) is 0. The Morgan fingerprint density at radius 1 is 1.37 bits per heavy atom. The molecule has 0 spiro atoms. The molecule has 1 fully saturated rings. The van der Waals surface area contributed by atoms with Gasteiger partial charge in [0.2, 0.25) is 0 Å². The second kappa shape index (κ2) is 5.71.